The van der Waals surface area contributed by atoms with Crippen LogP contribution in [0.2, 0.25) is 10.0 Å². The van der Waals surface area contributed by atoms with Crippen molar-refractivity contribution in [2.45, 2.75) is 58.4 Å². The van der Waals surface area contributed by atoms with Crippen molar-refractivity contribution in [1.29, 1.82) is 0 Å². The van der Waals surface area contributed by atoms with Gasteiger partial charge in [0.25, 0.3) is 0 Å². The van der Waals surface area contributed by atoms with Gasteiger partial charge in [-0.3, -0.25) is 0 Å². The van der Waals surface area contributed by atoms with Crippen LogP contribution in [0.1, 0.15) is 64.0 Å². The molecular formula is C16H25Cl2N. The van der Waals surface area contributed by atoms with Gasteiger partial charge in [0.2, 0.25) is 0 Å². The molecule has 1 aromatic rings. The normalized spacial score (nSPS) is 12.6. The van der Waals surface area contributed by atoms with Crippen molar-refractivity contribution < 1.29 is 0 Å². The van der Waals surface area contributed by atoms with Gasteiger partial charge < -0.3 is 5.32 Å². The number of hydrogen-bond acceptors (Lipinski definition) is 1. The van der Waals surface area contributed by atoms with E-state index in [1.165, 1.54) is 32.1 Å². The number of nitrogens with one attached hydrogen (secondary N) is 1. The third-order valence-corrected chi connectivity index (χ3v) is 4.05. The van der Waals surface area contributed by atoms with Gasteiger partial charge in [0.1, 0.15) is 0 Å². The summed E-state index contributed by atoms with van der Waals surface area (Å²) < 4.78 is 0. The lowest BCUT2D eigenvalue weighted by Crippen LogP contribution is -2.21. The van der Waals surface area contributed by atoms with Crippen LogP contribution >= 0.6 is 23.2 Å². The lowest BCUT2D eigenvalue weighted by molar-refractivity contribution is 0.479. The number of benzene rings is 1. The second-order valence-electron chi connectivity index (χ2n) is 4.95. The van der Waals surface area contributed by atoms with E-state index in [1.54, 1.807) is 0 Å². The molecule has 1 aromatic carbocycles. The Hall–Kier alpha value is -0.240. The van der Waals surface area contributed by atoms with E-state index in [9.17, 15) is 0 Å². The lowest BCUT2D eigenvalue weighted by atomic mass is 9.99. The molecule has 0 saturated heterocycles. The largest absolute Gasteiger partial charge is 0.310 e. The van der Waals surface area contributed by atoms with E-state index in [-0.39, 0.29) is 6.04 Å². The Morgan fingerprint density at radius 1 is 1.00 bits per heavy atom. The van der Waals surface area contributed by atoms with Gasteiger partial charge in [0.05, 0.1) is 0 Å². The quantitative estimate of drug-likeness (QED) is 0.551. The minimum Gasteiger partial charge on any atom is -0.310 e. The van der Waals surface area contributed by atoms with Gasteiger partial charge >= 0.3 is 0 Å². The number of unbranched alkanes of at least 4 members (excludes halogenated alkanes) is 4. The molecule has 1 atom stereocenters. The van der Waals surface area contributed by atoms with Crippen LogP contribution < -0.4 is 5.32 Å². The smallest absolute Gasteiger partial charge is 0.0468 e. The van der Waals surface area contributed by atoms with Crippen LogP contribution in [-0.2, 0) is 0 Å². The highest BCUT2D eigenvalue weighted by Crippen LogP contribution is 2.33. The predicted octanol–water partition coefficient (Wildman–Crippen LogP) is 6.00. The molecule has 19 heavy (non-hydrogen) atoms. The second-order valence-corrected chi connectivity index (χ2v) is 5.76. The predicted molar refractivity (Wildman–Crippen MR) is 86.3 cm³/mol. The molecule has 0 aliphatic carbocycles. The van der Waals surface area contributed by atoms with Crippen LogP contribution in [0, 0.1) is 0 Å². The van der Waals surface area contributed by atoms with E-state index >= 15 is 0 Å². The average Bonchev–Trinajstić information content (AvgIpc) is 2.38. The van der Waals surface area contributed by atoms with Crippen LogP contribution in [0.15, 0.2) is 18.2 Å². The van der Waals surface area contributed by atoms with E-state index in [1.807, 2.05) is 18.2 Å². The molecular weight excluding hydrogens is 277 g/mol. The molecule has 0 amide bonds. The summed E-state index contributed by atoms with van der Waals surface area (Å²) in [7, 11) is 0. The fraction of sp³-hybridized carbons (Fsp3) is 0.625. The molecule has 0 aromatic heterocycles. The van der Waals surface area contributed by atoms with Crippen molar-refractivity contribution in [2.75, 3.05) is 6.54 Å². The maximum Gasteiger partial charge on any atom is 0.0468 e. The van der Waals surface area contributed by atoms with Gasteiger partial charge in [-0.05, 0) is 25.1 Å². The van der Waals surface area contributed by atoms with Gasteiger partial charge in [-0.1, -0.05) is 75.2 Å². The van der Waals surface area contributed by atoms with Crippen molar-refractivity contribution in [2.24, 2.45) is 0 Å². The molecule has 0 spiro atoms. The maximum atomic E-state index is 6.30. The summed E-state index contributed by atoms with van der Waals surface area (Å²) in [6.45, 7) is 5.29. The van der Waals surface area contributed by atoms with Gasteiger partial charge in [0.15, 0.2) is 0 Å². The summed E-state index contributed by atoms with van der Waals surface area (Å²) in [4.78, 5) is 0. The van der Waals surface area contributed by atoms with Gasteiger partial charge in [-0.15, -0.1) is 0 Å². The minimum atomic E-state index is 0.271. The molecule has 3 heteroatoms. The minimum absolute atomic E-state index is 0.271. The Labute approximate surface area is 127 Å². The topological polar surface area (TPSA) is 12.0 Å². The Balaban J connectivity index is 2.61. The highest BCUT2D eigenvalue weighted by atomic mass is 35.5. The molecule has 0 fully saturated rings. The number of rotatable bonds is 9. The molecule has 0 aliphatic rings. The van der Waals surface area contributed by atoms with E-state index in [0.29, 0.717) is 0 Å². The highest BCUT2D eigenvalue weighted by Gasteiger charge is 2.16. The highest BCUT2D eigenvalue weighted by molar-refractivity contribution is 6.36. The fourth-order valence-electron chi connectivity index (χ4n) is 2.39. The maximum absolute atomic E-state index is 6.30. The first-order chi connectivity index (χ1) is 9.20. The Kier molecular flexibility index (Phi) is 8.52. The lowest BCUT2D eigenvalue weighted by Gasteiger charge is -2.20. The molecule has 1 unspecified atom stereocenters. The zero-order valence-corrected chi connectivity index (χ0v) is 13.5. The standard InChI is InChI=1S/C16H25Cl2N/c1-3-5-6-7-8-12-15(19-4-2)16-13(17)10-9-11-14(16)18/h9-11,15,19H,3-8,12H2,1-2H3. The summed E-state index contributed by atoms with van der Waals surface area (Å²) in [5.41, 5.74) is 1.06. The first-order valence-electron chi connectivity index (χ1n) is 7.38. The van der Waals surface area contributed by atoms with Crippen molar-refractivity contribution >= 4 is 23.2 Å². The molecule has 1 nitrogen and oxygen atoms in total. The number of hydrogen-bond donors (Lipinski definition) is 1. The van der Waals surface area contributed by atoms with Crippen molar-refractivity contribution in [1.82, 2.24) is 5.32 Å². The first kappa shape index (κ1) is 16.8. The number of halogens is 2. The third kappa shape index (κ3) is 5.72. The van der Waals surface area contributed by atoms with Crippen molar-refractivity contribution in [3.05, 3.63) is 33.8 Å². The SMILES string of the molecule is CCCCCCCC(NCC)c1c(Cl)cccc1Cl. The van der Waals surface area contributed by atoms with Crippen LogP contribution in [-0.4, -0.2) is 6.54 Å². The van der Waals surface area contributed by atoms with Gasteiger partial charge in [0, 0.05) is 21.7 Å². The Bertz CT molecular complexity index is 346. The summed E-state index contributed by atoms with van der Waals surface area (Å²) in [6.07, 6.45) is 7.55. The van der Waals surface area contributed by atoms with Crippen LogP contribution in [0.4, 0.5) is 0 Å². The molecule has 1 N–H and O–H groups in total. The van der Waals surface area contributed by atoms with E-state index in [4.69, 9.17) is 23.2 Å². The van der Waals surface area contributed by atoms with E-state index < -0.39 is 0 Å². The second kappa shape index (κ2) is 9.63. The summed E-state index contributed by atoms with van der Waals surface area (Å²) in [5.74, 6) is 0. The molecule has 0 bridgehead atoms. The van der Waals surface area contributed by atoms with Crippen LogP contribution in [0.3, 0.4) is 0 Å². The monoisotopic (exact) mass is 301 g/mol. The summed E-state index contributed by atoms with van der Waals surface area (Å²) >= 11 is 12.6. The zero-order valence-electron chi connectivity index (χ0n) is 12.0. The average molecular weight is 302 g/mol. The zero-order chi connectivity index (χ0) is 14.1. The van der Waals surface area contributed by atoms with Crippen molar-refractivity contribution in [3.63, 3.8) is 0 Å². The Morgan fingerprint density at radius 3 is 2.21 bits per heavy atom. The molecule has 0 aliphatic heterocycles. The molecule has 108 valence electrons. The van der Waals surface area contributed by atoms with Crippen LogP contribution in [0.5, 0.6) is 0 Å². The third-order valence-electron chi connectivity index (χ3n) is 3.40. The van der Waals surface area contributed by atoms with E-state index in [2.05, 4.69) is 19.2 Å². The molecule has 0 heterocycles. The molecule has 1 rings (SSSR count). The van der Waals surface area contributed by atoms with E-state index in [0.717, 1.165) is 28.6 Å². The molecule has 0 saturated carbocycles. The van der Waals surface area contributed by atoms with Crippen LogP contribution in [0.25, 0.3) is 0 Å². The Morgan fingerprint density at radius 2 is 1.63 bits per heavy atom. The van der Waals surface area contributed by atoms with Crippen molar-refractivity contribution in [3.8, 4) is 0 Å². The first-order valence-corrected chi connectivity index (χ1v) is 8.13. The molecule has 0 radical (unpaired) electrons. The van der Waals surface area contributed by atoms with Gasteiger partial charge in [-0.2, -0.15) is 0 Å². The fourth-order valence-corrected chi connectivity index (χ4v) is 3.05. The summed E-state index contributed by atoms with van der Waals surface area (Å²) in [5, 5.41) is 5.04. The summed E-state index contributed by atoms with van der Waals surface area (Å²) in [6, 6.07) is 6.01. The van der Waals surface area contributed by atoms with Gasteiger partial charge in [-0.25, -0.2) is 0 Å².